The molecule has 0 atom stereocenters. The summed E-state index contributed by atoms with van der Waals surface area (Å²) in [6, 6.07) is 0. The highest BCUT2D eigenvalue weighted by atomic mass is 16.5. The number of nitrogens with zero attached hydrogens (tertiary/aromatic N) is 10. The summed E-state index contributed by atoms with van der Waals surface area (Å²) in [7, 11) is 0. The van der Waals surface area contributed by atoms with Gasteiger partial charge in [0, 0.05) is 26.2 Å². The number of rotatable bonds is 8. The summed E-state index contributed by atoms with van der Waals surface area (Å²) in [5, 5.41) is 20.6. The van der Waals surface area contributed by atoms with Gasteiger partial charge in [-0.2, -0.15) is 0 Å². The zero-order valence-corrected chi connectivity index (χ0v) is 15.7. The molecule has 30 heavy (non-hydrogen) atoms. The Labute approximate surface area is 168 Å². The molecule has 0 unspecified atom stereocenters. The minimum absolute atomic E-state index is 0.200. The van der Waals surface area contributed by atoms with Gasteiger partial charge in [-0.25, -0.2) is 9.36 Å². The standard InChI is InChI=1S/C14H18N10O6/c25-11(7-29-13(27)5-23-9-15-17-19-23)21-1-2-22(4-3-21)12(26)8-30-14(28)6-24-10-16-18-20-24/h9-10H,1-8H2. The van der Waals surface area contributed by atoms with Crippen LogP contribution in [0.1, 0.15) is 0 Å². The second-order valence-electron chi connectivity index (χ2n) is 6.10. The molecule has 3 heterocycles. The molecule has 1 saturated heterocycles. The van der Waals surface area contributed by atoms with Crippen molar-refractivity contribution in [3.05, 3.63) is 12.7 Å². The van der Waals surface area contributed by atoms with Crippen molar-refractivity contribution in [1.82, 2.24) is 50.2 Å². The average Bonchev–Trinajstić information content (AvgIpc) is 3.44. The summed E-state index contributed by atoms with van der Waals surface area (Å²) in [5.41, 5.74) is 0. The number of esters is 2. The van der Waals surface area contributed by atoms with Crippen molar-refractivity contribution in [3.8, 4) is 0 Å². The van der Waals surface area contributed by atoms with Crippen molar-refractivity contribution in [1.29, 1.82) is 0 Å². The molecule has 16 heteroatoms. The molecule has 1 aliphatic rings. The van der Waals surface area contributed by atoms with E-state index in [0.717, 1.165) is 0 Å². The number of hydrogen-bond donors (Lipinski definition) is 0. The van der Waals surface area contributed by atoms with E-state index < -0.39 is 25.2 Å². The van der Waals surface area contributed by atoms with Crippen LogP contribution in [0.2, 0.25) is 0 Å². The van der Waals surface area contributed by atoms with Crippen LogP contribution in [0.4, 0.5) is 0 Å². The van der Waals surface area contributed by atoms with Gasteiger partial charge in [0.1, 0.15) is 25.7 Å². The van der Waals surface area contributed by atoms with Crippen LogP contribution in [0.25, 0.3) is 0 Å². The van der Waals surface area contributed by atoms with Gasteiger partial charge in [0.2, 0.25) is 0 Å². The molecule has 0 N–H and O–H groups in total. The predicted octanol–water partition coefficient (Wildman–Crippen LogP) is -3.88. The van der Waals surface area contributed by atoms with E-state index in [0.29, 0.717) is 0 Å². The highest BCUT2D eigenvalue weighted by molar-refractivity contribution is 5.82. The first-order valence-electron chi connectivity index (χ1n) is 8.79. The fourth-order valence-corrected chi connectivity index (χ4v) is 2.53. The summed E-state index contributed by atoms with van der Waals surface area (Å²) < 4.78 is 12.2. The number of piperazine rings is 1. The highest BCUT2D eigenvalue weighted by Crippen LogP contribution is 2.04. The second-order valence-corrected chi connectivity index (χ2v) is 6.10. The van der Waals surface area contributed by atoms with Gasteiger partial charge in [-0.3, -0.25) is 19.2 Å². The number of aromatic nitrogens is 8. The summed E-state index contributed by atoms with van der Waals surface area (Å²) in [5.74, 6) is -2.04. The Bertz CT molecular complexity index is 790. The van der Waals surface area contributed by atoms with Crippen LogP contribution in [0.15, 0.2) is 12.7 Å². The van der Waals surface area contributed by atoms with Gasteiger partial charge in [-0.1, -0.05) is 0 Å². The third-order valence-corrected chi connectivity index (χ3v) is 4.06. The average molecular weight is 422 g/mol. The topological polar surface area (TPSA) is 180 Å². The monoisotopic (exact) mass is 422 g/mol. The molecule has 2 aromatic rings. The van der Waals surface area contributed by atoms with E-state index in [9.17, 15) is 19.2 Å². The molecule has 0 radical (unpaired) electrons. The van der Waals surface area contributed by atoms with E-state index in [-0.39, 0.29) is 51.1 Å². The number of carbonyl (C=O) groups excluding carboxylic acids is 4. The SMILES string of the molecule is O=C(Cn1cnnn1)OCC(=O)N1CCN(C(=O)COC(=O)Cn2cnnn2)CC1. The zero-order valence-electron chi connectivity index (χ0n) is 15.7. The molecule has 16 nitrogen and oxygen atoms in total. The van der Waals surface area contributed by atoms with E-state index in [1.54, 1.807) is 0 Å². The molecule has 0 bridgehead atoms. The third-order valence-electron chi connectivity index (χ3n) is 4.06. The van der Waals surface area contributed by atoms with E-state index >= 15 is 0 Å². The van der Waals surface area contributed by atoms with E-state index in [4.69, 9.17) is 9.47 Å². The molecule has 2 aromatic heterocycles. The summed E-state index contributed by atoms with van der Waals surface area (Å²) in [6.45, 7) is -0.139. The Morgan fingerprint density at radius 1 is 0.700 bits per heavy atom. The molecule has 0 spiro atoms. The largest absolute Gasteiger partial charge is 0.454 e. The van der Waals surface area contributed by atoms with Crippen LogP contribution in [0.5, 0.6) is 0 Å². The van der Waals surface area contributed by atoms with Crippen molar-refractivity contribution >= 4 is 23.8 Å². The van der Waals surface area contributed by atoms with Crippen molar-refractivity contribution in [2.45, 2.75) is 13.1 Å². The maximum Gasteiger partial charge on any atom is 0.328 e. The van der Waals surface area contributed by atoms with Gasteiger partial charge in [-0.15, -0.1) is 10.2 Å². The maximum absolute atomic E-state index is 12.2. The molecule has 0 saturated carbocycles. The Hall–Kier alpha value is -3.98. The fraction of sp³-hybridized carbons (Fsp3) is 0.571. The Morgan fingerprint density at radius 3 is 1.43 bits per heavy atom. The van der Waals surface area contributed by atoms with Gasteiger partial charge in [0.25, 0.3) is 11.8 Å². The van der Waals surface area contributed by atoms with Gasteiger partial charge < -0.3 is 19.3 Å². The lowest BCUT2D eigenvalue weighted by Gasteiger charge is -2.34. The van der Waals surface area contributed by atoms with E-state index in [2.05, 4.69) is 31.1 Å². The molecule has 1 aliphatic heterocycles. The zero-order chi connectivity index (χ0) is 21.3. The van der Waals surface area contributed by atoms with Crippen LogP contribution >= 0.6 is 0 Å². The van der Waals surface area contributed by atoms with Crippen molar-refractivity contribution in [2.24, 2.45) is 0 Å². The maximum atomic E-state index is 12.2. The highest BCUT2D eigenvalue weighted by Gasteiger charge is 2.25. The quantitative estimate of drug-likeness (QED) is 0.378. The lowest BCUT2D eigenvalue weighted by atomic mass is 10.3. The van der Waals surface area contributed by atoms with Crippen LogP contribution in [-0.4, -0.2) is 113 Å². The van der Waals surface area contributed by atoms with Gasteiger partial charge in [0.15, 0.2) is 13.2 Å². The summed E-state index contributed by atoms with van der Waals surface area (Å²) in [4.78, 5) is 50.6. The number of ether oxygens (including phenoxy) is 2. The number of hydrogen-bond acceptors (Lipinski definition) is 12. The van der Waals surface area contributed by atoms with Crippen molar-refractivity contribution in [3.63, 3.8) is 0 Å². The Kier molecular flexibility index (Phi) is 6.91. The molecule has 0 aromatic carbocycles. The van der Waals surface area contributed by atoms with E-state index in [1.807, 2.05) is 0 Å². The van der Waals surface area contributed by atoms with Gasteiger partial charge in [0.05, 0.1) is 0 Å². The Morgan fingerprint density at radius 2 is 1.10 bits per heavy atom. The first-order chi connectivity index (χ1) is 14.5. The lowest BCUT2D eigenvalue weighted by Crippen LogP contribution is -2.52. The van der Waals surface area contributed by atoms with Crippen LogP contribution in [0, 0.1) is 0 Å². The van der Waals surface area contributed by atoms with Crippen molar-refractivity contribution < 1.29 is 28.7 Å². The van der Waals surface area contributed by atoms with Gasteiger partial charge >= 0.3 is 11.9 Å². The molecular formula is C14H18N10O6. The molecule has 160 valence electrons. The summed E-state index contributed by atoms with van der Waals surface area (Å²) in [6.07, 6.45) is 2.50. The molecule has 0 aliphatic carbocycles. The minimum atomic E-state index is -0.645. The van der Waals surface area contributed by atoms with Crippen LogP contribution in [-0.2, 0) is 41.7 Å². The van der Waals surface area contributed by atoms with E-state index in [1.165, 1.54) is 31.8 Å². The smallest absolute Gasteiger partial charge is 0.328 e. The minimum Gasteiger partial charge on any atom is -0.454 e. The first kappa shape index (κ1) is 20.7. The molecule has 2 amide bonds. The lowest BCUT2D eigenvalue weighted by molar-refractivity contribution is -0.156. The van der Waals surface area contributed by atoms with Gasteiger partial charge in [-0.05, 0) is 20.9 Å². The second kappa shape index (κ2) is 9.99. The molecule has 3 rings (SSSR count). The number of amides is 2. The number of carbonyl (C=O) groups is 4. The normalized spacial score (nSPS) is 13.7. The first-order valence-corrected chi connectivity index (χ1v) is 8.79. The van der Waals surface area contributed by atoms with Crippen molar-refractivity contribution in [2.75, 3.05) is 39.4 Å². The predicted molar refractivity (Wildman–Crippen MR) is 90.7 cm³/mol. The molecular weight excluding hydrogens is 404 g/mol. The third kappa shape index (κ3) is 6.01. The number of tetrazole rings is 2. The summed E-state index contributed by atoms with van der Waals surface area (Å²) >= 11 is 0. The molecule has 1 fully saturated rings. The van der Waals surface area contributed by atoms with Crippen LogP contribution in [0.3, 0.4) is 0 Å². The Balaban J connectivity index is 1.32. The van der Waals surface area contributed by atoms with Crippen LogP contribution < -0.4 is 0 Å². The fourth-order valence-electron chi connectivity index (χ4n) is 2.53.